The third-order valence-corrected chi connectivity index (χ3v) is 4.67. The Morgan fingerprint density at radius 2 is 1.95 bits per heavy atom. The number of hydrogen-bond acceptors (Lipinski definition) is 5. The molecular formula is C12H15NO5S. The number of nitrogens with zero attached hydrogens (tertiary/aromatic N) is 1. The zero-order valence-corrected chi connectivity index (χ0v) is 11.3. The van der Waals surface area contributed by atoms with E-state index in [1.807, 2.05) is 0 Å². The highest BCUT2D eigenvalue weighted by molar-refractivity contribution is 7.91. The van der Waals surface area contributed by atoms with E-state index >= 15 is 0 Å². The minimum atomic E-state index is -3.01. The summed E-state index contributed by atoms with van der Waals surface area (Å²) in [5.74, 6) is -0.134. The summed E-state index contributed by atoms with van der Waals surface area (Å²) in [6.07, 6.45) is 0. The van der Waals surface area contributed by atoms with Crippen molar-refractivity contribution in [2.75, 3.05) is 31.7 Å². The zero-order chi connectivity index (χ0) is 14.0. The molecule has 1 saturated heterocycles. The zero-order valence-electron chi connectivity index (χ0n) is 10.5. The van der Waals surface area contributed by atoms with Gasteiger partial charge in [-0.2, -0.15) is 0 Å². The van der Waals surface area contributed by atoms with Crippen LogP contribution in [0.2, 0.25) is 0 Å². The minimum absolute atomic E-state index is 0.0130. The molecule has 19 heavy (non-hydrogen) atoms. The van der Waals surface area contributed by atoms with Crippen molar-refractivity contribution < 1.29 is 23.1 Å². The van der Waals surface area contributed by atoms with Crippen LogP contribution in [0.25, 0.3) is 0 Å². The van der Waals surface area contributed by atoms with Crippen LogP contribution in [-0.2, 0) is 9.84 Å². The van der Waals surface area contributed by atoms with Gasteiger partial charge in [-0.3, -0.25) is 4.79 Å². The van der Waals surface area contributed by atoms with Crippen LogP contribution in [0, 0.1) is 0 Å². The average Bonchev–Trinajstić information content (AvgIpc) is 2.38. The molecule has 0 bridgehead atoms. The number of rotatable bonds is 2. The monoisotopic (exact) mass is 285 g/mol. The number of carbonyl (C=O) groups is 1. The first kappa shape index (κ1) is 13.7. The van der Waals surface area contributed by atoms with Crippen molar-refractivity contribution in [1.29, 1.82) is 0 Å². The highest BCUT2D eigenvalue weighted by Gasteiger charge is 2.26. The number of carbonyl (C=O) groups excluding carboxylic acids is 1. The first-order valence-corrected chi connectivity index (χ1v) is 7.62. The second kappa shape index (κ2) is 5.08. The summed E-state index contributed by atoms with van der Waals surface area (Å²) in [5, 5.41) is 9.63. The minimum Gasteiger partial charge on any atom is -0.504 e. The number of benzene rings is 1. The van der Waals surface area contributed by atoms with Crippen molar-refractivity contribution >= 4 is 15.7 Å². The first-order valence-electron chi connectivity index (χ1n) is 5.79. The molecule has 104 valence electrons. The lowest BCUT2D eigenvalue weighted by molar-refractivity contribution is 0.0770. The molecule has 0 saturated carbocycles. The number of amides is 1. The number of hydrogen-bond donors (Lipinski definition) is 1. The molecule has 6 nitrogen and oxygen atoms in total. The SMILES string of the molecule is COc1ccc(C(=O)N2CCS(=O)(=O)CC2)cc1O. The maximum absolute atomic E-state index is 12.1. The van der Waals surface area contributed by atoms with Crippen LogP contribution >= 0.6 is 0 Å². The molecule has 1 amide bonds. The Balaban J connectivity index is 2.14. The second-order valence-corrected chi connectivity index (χ2v) is 6.63. The van der Waals surface area contributed by atoms with Crippen molar-refractivity contribution in [3.8, 4) is 11.5 Å². The van der Waals surface area contributed by atoms with E-state index in [1.54, 1.807) is 6.07 Å². The number of phenols is 1. The molecule has 0 atom stereocenters. The third kappa shape index (κ3) is 2.98. The van der Waals surface area contributed by atoms with E-state index in [4.69, 9.17) is 4.74 Å². The van der Waals surface area contributed by atoms with E-state index in [9.17, 15) is 18.3 Å². The molecule has 2 rings (SSSR count). The number of phenolic OH excluding ortho intramolecular Hbond substituents is 1. The Morgan fingerprint density at radius 1 is 1.32 bits per heavy atom. The fourth-order valence-electron chi connectivity index (χ4n) is 1.92. The number of methoxy groups -OCH3 is 1. The van der Waals surface area contributed by atoms with Gasteiger partial charge in [0, 0.05) is 18.7 Å². The van der Waals surface area contributed by atoms with Crippen molar-refractivity contribution in [2.24, 2.45) is 0 Å². The van der Waals surface area contributed by atoms with Gasteiger partial charge in [-0.05, 0) is 18.2 Å². The standard InChI is InChI=1S/C12H15NO5S/c1-18-11-3-2-9(8-10(11)14)12(15)13-4-6-19(16,17)7-5-13/h2-3,8,14H,4-7H2,1H3. The van der Waals surface area contributed by atoms with Crippen molar-refractivity contribution in [1.82, 2.24) is 4.90 Å². The van der Waals surface area contributed by atoms with Crippen LogP contribution in [0.4, 0.5) is 0 Å². The molecule has 1 fully saturated rings. The maximum Gasteiger partial charge on any atom is 0.254 e. The highest BCUT2D eigenvalue weighted by atomic mass is 32.2. The van der Waals surface area contributed by atoms with Gasteiger partial charge in [0.1, 0.15) is 0 Å². The van der Waals surface area contributed by atoms with Gasteiger partial charge >= 0.3 is 0 Å². The van der Waals surface area contributed by atoms with Crippen molar-refractivity contribution in [3.63, 3.8) is 0 Å². The summed E-state index contributed by atoms with van der Waals surface area (Å²) in [6, 6.07) is 4.37. The van der Waals surface area contributed by atoms with Gasteiger partial charge in [-0.25, -0.2) is 8.42 Å². The Bertz CT molecular complexity index is 582. The average molecular weight is 285 g/mol. The first-order chi connectivity index (χ1) is 8.93. The summed E-state index contributed by atoms with van der Waals surface area (Å²) in [5.41, 5.74) is 0.317. The summed E-state index contributed by atoms with van der Waals surface area (Å²) >= 11 is 0. The van der Waals surface area contributed by atoms with Crippen LogP contribution in [0.3, 0.4) is 0 Å². The maximum atomic E-state index is 12.1. The molecule has 7 heteroatoms. The molecule has 0 spiro atoms. The second-order valence-electron chi connectivity index (χ2n) is 4.33. The predicted octanol–water partition coefficient (Wildman–Crippen LogP) is 0.271. The van der Waals surface area contributed by atoms with Gasteiger partial charge in [-0.15, -0.1) is 0 Å². The van der Waals surface area contributed by atoms with E-state index in [1.165, 1.54) is 24.1 Å². The Hall–Kier alpha value is -1.76. The molecule has 0 aliphatic carbocycles. The summed E-state index contributed by atoms with van der Waals surface area (Å²) in [6.45, 7) is 0.377. The Morgan fingerprint density at radius 3 is 2.47 bits per heavy atom. The van der Waals surface area contributed by atoms with Crippen LogP contribution in [0.5, 0.6) is 11.5 Å². The largest absolute Gasteiger partial charge is 0.504 e. The molecule has 1 heterocycles. The molecule has 0 aromatic heterocycles. The van der Waals surface area contributed by atoms with Gasteiger partial charge < -0.3 is 14.7 Å². The van der Waals surface area contributed by atoms with Crippen molar-refractivity contribution in [2.45, 2.75) is 0 Å². The summed E-state index contributed by atoms with van der Waals surface area (Å²) < 4.78 is 27.5. The van der Waals surface area contributed by atoms with Gasteiger partial charge in [0.15, 0.2) is 21.3 Å². The number of sulfone groups is 1. The molecule has 0 radical (unpaired) electrons. The number of aromatic hydroxyl groups is 1. The lowest BCUT2D eigenvalue weighted by Crippen LogP contribution is -2.43. The predicted molar refractivity (Wildman–Crippen MR) is 69.2 cm³/mol. The van der Waals surface area contributed by atoms with E-state index in [0.29, 0.717) is 5.56 Å². The van der Waals surface area contributed by atoms with Crippen LogP contribution in [0.1, 0.15) is 10.4 Å². The van der Waals surface area contributed by atoms with E-state index in [2.05, 4.69) is 0 Å². The van der Waals surface area contributed by atoms with Crippen LogP contribution in [-0.4, -0.2) is 56.0 Å². The Labute approximate surface area is 111 Å². The van der Waals surface area contributed by atoms with Gasteiger partial charge in [-0.1, -0.05) is 0 Å². The molecule has 1 aromatic rings. The smallest absolute Gasteiger partial charge is 0.254 e. The van der Waals surface area contributed by atoms with E-state index < -0.39 is 9.84 Å². The van der Waals surface area contributed by atoms with Gasteiger partial charge in [0.05, 0.1) is 18.6 Å². The lowest BCUT2D eigenvalue weighted by Gasteiger charge is -2.26. The topological polar surface area (TPSA) is 83.9 Å². The molecule has 1 aliphatic heterocycles. The third-order valence-electron chi connectivity index (χ3n) is 3.06. The highest BCUT2D eigenvalue weighted by Crippen LogP contribution is 2.26. The fourth-order valence-corrected chi connectivity index (χ4v) is 3.12. The van der Waals surface area contributed by atoms with E-state index in [-0.39, 0.29) is 42.0 Å². The Kier molecular flexibility index (Phi) is 3.66. The summed E-state index contributed by atoms with van der Waals surface area (Å²) in [7, 11) is -1.59. The normalized spacial score (nSPS) is 18.1. The molecule has 0 unspecified atom stereocenters. The molecule has 1 aromatic carbocycles. The van der Waals surface area contributed by atoms with Gasteiger partial charge in [0.2, 0.25) is 0 Å². The molecule has 1 aliphatic rings. The fraction of sp³-hybridized carbons (Fsp3) is 0.417. The molecular weight excluding hydrogens is 270 g/mol. The van der Waals surface area contributed by atoms with E-state index in [0.717, 1.165) is 0 Å². The van der Waals surface area contributed by atoms with Gasteiger partial charge in [0.25, 0.3) is 5.91 Å². The lowest BCUT2D eigenvalue weighted by atomic mass is 10.1. The molecule has 1 N–H and O–H groups in total. The quantitative estimate of drug-likeness (QED) is 0.843. The number of ether oxygens (including phenoxy) is 1. The summed E-state index contributed by atoms with van der Waals surface area (Å²) in [4.78, 5) is 13.6. The van der Waals surface area contributed by atoms with Crippen molar-refractivity contribution in [3.05, 3.63) is 23.8 Å². The van der Waals surface area contributed by atoms with Crippen LogP contribution in [0.15, 0.2) is 18.2 Å². The van der Waals surface area contributed by atoms with Crippen LogP contribution < -0.4 is 4.74 Å².